The van der Waals surface area contributed by atoms with E-state index >= 15 is 0 Å². The molecule has 2 unspecified atom stereocenters. The quantitative estimate of drug-likeness (QED) is 0.612. The third-order valence-electron chi connectivity index (χ3n) is 7.14. The van der Waals surface area contributed by atoms with E-state index < -0.39 is 0 Å². The molecule has 2 atom stereocenters. The highest BCUT2D eigenvalue weighted by Crippen LogP contribution is 2.65. The van der Waals surface area contributed by atoms with Gasteiger partial charge in [-0.15, -0.1) is 0 Å². The Bertz CT molecular complexity index is 605. The molecule has 0 amide bonds. The summed E-state index contributed by atoms with van der Waals surface area (Å²) >= 11 is 0. The van der Waals surface area contributed by atoms with Gasteiger partial charge in [0, 0.05) is 0 Å². The molecule has 114 valence electrons. The molecule has 0 heterocycles. The molecular weight excluding hydrogens is 252 g/mol. The highest BCUT2D eigenvalue weighted by molar-refractivity contribution is 5.51. The lowest BCUT2D eigenvalue weighted by molar-refractivity contribution is 0.331. The SMILES string of the molecule is Cc1cc2c(cc1C13CCCC1C3)C(C)(C)CCC2(C)C. The van der Waals surface area contributed by atoms with Crippen LogP contribution >= 0.6 is 0 Å². The van der Waals surface area contributed by atoms with Crippen LogP contribution in [-0.4, -0.2) is 0 Å². The van der Waals surface area contributed by atoms with Crippen LogP contribution in [0.3, 0.4) is 0 Å². The summed E-state index contributed by atoms with van der Waals surface area (Å²) in [6, 6.07) is 5.21. The lowest BCUT2D eigenvalue weighted by Crippen LogP contribution is -2.34. The number of fused-ring (bicyclic) bond motifs is 2. The van der Waals surface area contributed by atoms with Crippen LogP contribution in [0.4, 0.5) is 0 Å². The molecule has 1 aromatic carbocycles. The van der Waals surface area contributed by atoms with E-state index in [4.69, 9.17) is 0 Å². The largest absolute Gasteiger partial charge is 0.0558 e. The Kier molecular flexibility index (Phi) is 2.60. The van der Waals surface area contributed by atoms with Gasteiger partial charge in [-0.05, 0) is 83.4 Å². The first kappa shape index (κ1) is 13.9. The number of hydrogen-bond acceptors (Lipinski definition) is 0. The summed E-state index contributed by atoms with van der Waals surface area (Å²) in [5.41, 5.74) is 7.88. The molecule has 1 aromatic rings. The minimum atomic E-state index is 0.352. The lowest BCUT2D eigenvalue weighted by atomic mass is 9.62. The minimum absolute atomic E-state index is 0.352. The van der Waals surface area contributed by atoms with Gasteiger partial charge in [0.1, 0.15) is 0 Å². The van der Waals surface area contributed by atoms with Gasteiger partial charge in [-0.3, -0.25) is 0 Å². The molecule has 0 saturated heterocycles. The third kappa shape index (κ3) is 1.80. The fourth-order valence-electron chi connectivity index (χ4n) is 5.45. The van der Waals surface area contributed by atoms with Gasteiger partial charge in [-0.1, -0.05) is 46.2 Å². The molecule has 0 radical (unpaired) electrons. The molecule has 0 N–H and O–H groups in total. The fraction of sp³-hybridized carbons (Fsp3) is 0.714. The Morgan fingerprint density at radius 3 is 2.00 bits per heavy atom. The molecule has 0 nitrogen and oxygen atoms in total. The van der Waals surface area contributed by atoms with Gasteiger partial charge in [-0.25, -0.2) is 0 Å². The van der Waals surface area contributed by atoms with Crippen molar-refractivity contribution in [3.63, 3.8) is 0 Å². The summed E-state index contributed by atoms with van der Waals surface area (Å²) in [5, 5.41) is 0. The molecular formula is C21H30. The molecule has 0 heteroatoms. The van der Waals surface area contributed by atoms with E-state index in [1.54, 1.807) is 22.3 Å². The maximum atomic E-state index is 2.65. The van der Waals surface area contributed by atoms with E-state index in [0.29, 0.717) is 16.2 Å². The van der Waals surface area contributed by atoms with Crippen LogP contribution < -0.4 is 0 Å². The zero-order valence-electron chi connectivity index (χ0n) is 14.5. The van der Waals surface area contributed by atoms with Crippen molar-refractivity contribution in [3.8, 4) is 0 Å². The van der Waals surface area contributed by atoms with Crippen LogP contribution in [0.1, 0.15) is 88.5 Å². The smallest absolute Gasteiger partial charge is 0.00128 e. The van der Waals surface area contributed by atoms with E-state index in [1.165, 1.54) is 38.5 Å². The first-order chi connectivity index (χ1) is 9.76. The van der Waals surface area contributed by atoms with Crippen LogP contribution in [-0.2, 0) is 16.2 Å². The number of aryl methyl sites for hydroxylation is 1. The topological polar surface area (TPSA) is 0 Å². The second-order valence-corrected chi connectivity index (χ2v) is 9.43. The van der Waals surface area contributed by atoms with Crippen LogP contribution in [0.25, 0.3) is 0 Å². The Morgan fingerprint density at radius 2 is 1.48 bits per heavy atom. The molecule has 3 aliphatic carbocycles. The molecule has 3 aliphatic rings. The van der Waals surface area contributed by atoms with Gasteiger partial charge < -0.3 is 0 Å². The van der Waals surface area contributed by atoms with Crippen molar-refractivity contribution in [2.75, 3.05) is 0 Å². The minimum Gasteiger partial charge on any atom is -0.0558 e. The highest BCUT2D eigenvalue weighted by atomic mass is 14.6. The van der Waals surface area contributed by atoms with Crippen molar-refractivity contribution in [1.29, 1.82) is 0 Å². The monoisotopic (exact) mass is 282 g/mol. The van der Waals surface area contributed by atoms with E-state index in [9.17, 15) is 0 Å². The van der Waals surface area contributed by atoms with Gasteiger partial charge in [-0.2, -0.15) is 0 Å². The van der Waals surface area contributed by atoms with Gasteiger partial charge in [0.15, 0.2) is 0 Å². The van der Waals surface area contributed by atoms with E-state index in [2.05, 4.69) is 46.8 Å². The van der Waals surface area contributed by atoms with Crippen molar-refractivity contribution < 1.29 is 0 Å². The number of rotatable bonds is 1. The van der Waals surface area contributed by atoms with Crippen LogP contribution in [0, 0.1) is 12.8 Å². The lowest BCUT2D eigenvalue weighted by Gasteiger charge is -2.43. The van der Waals surface area contributed by atoms with Gasteiger partial charge in [0.05, 0.1) is 0 Å². The molecule has 2 saturated carbocycles. The molecule has 0 bridgehead atoms. The van der Waals surface area contributed by atoms with Gasteiger partial charge in [0.25, 0.3) is 0 Å². The fourth-order valence-corrected chi connectivity index (χ4v) is 5.45. The van der Waals surface area contributed by atoms with E-state index in [0.717, 1.165) is 5.92 Å². The standard InChI is InChI=1S/C21H30/c1-14-11-17-18(20(4,5)10-9-19(17,2)3)12-16(14)21-8-6-7-15(21)13-21/h11-12,15H,6-10,13H2,1-5H3. The average molecular weight is 282 g/mol. The molecule has 2 fully saturated rings. The van der Waals surface area contributed by atoms with Crippen molar-refractivity contribution in [2.24, 2.45) is 5.92 Å². The third-order valence-corrected chi connectivity index (χ3v) is 7.14. The second-order valence-electron chi connectivity index (χ2n) is 9.43. The first-order valence-electron chi connectivity index (χ1n) is 8.92. The Morgan fingerprint density at radius 1 is 0.857 bits per heavy atom. The molecule has 0 aromatic heterocycles. The number of benzene rings is 1. The van der Waals surface area contributed by atoms with E-state index in [-0.39, 0.29) is 0 Å². The predicted octanol–water partition coefficient (Wildman–Crippen LogP) is 5.79. The predicted molar refractivity (Wildman–Crippen MR) is 90.1 cm³/mol. The molecule has 21 heavy (non-hydrogen) atoms. The highest BCUT2D eigenvalue weighted by Gasteiger charge is 2.58. The van der Waals surface area contributed by atoms with Crippen LogP contribution in [0.5, 0.6) is 0 Å². The summed E-state index contributed by atoms with van der Waals surface area (Å²) in [6.45, 7) is 12.2. The van der Waals surface area contributed by atoms with Crippen molar-refractivity contribution in [3.05, 3.63) is 34.4 Å². The van der Waals surface area contributed by atoms with Crippen molar-refractivity contribution in [1.82, 2.24) is 0 Å². The van der Waals surface area contributed by atoms with Gasteiger partial charge in [0.2, 0.25) is 0 Å². The Hall–Kier alpha value is -0.780. The summed E-state index contributed by atoms with van der Waals surface area (Å²) in [4.78, 5) is 0. The van der Waals surface area contributed by atoms with Crippen LogP contribution in [0.2, 0.25) is 0 Å². The molecule has 0 spiro atoms. The van der Waals surface area contributed by atoms with Crippen molar-refractivity contribution in [2.45, 2.75) is 89.4 Å². The normalized spacial score (nSPS) is 35.2. The zero-order chi connectivity index (χ0) is 15.0. The summed E-state index contributed by atoms with van der Waals surface area (Å²) in [6.07, 6.45) is 8.49. The Balaban J connectivity index is 1.90. The summed E-state index contributed by atoms with van der Waals surface area (Å²) in [7, 11) is 0. The first-order valence-corrected chi connectivity index (χ1v) is 8.92. The summed E-state index contributed by atoms with van der Waals surface area (Å²) < 4.78 is 0. The molecule has 4 rings (SSSR count). The van der Waals surface area contributed by atoms with Crippen LogP contribution in [0.15, 0.2) is 12.1 Å². The number of hydrogen-bond donors (Lipinski definition) is 0. The Labute approximate surface area is 130 Å². The zero-order valence-corrected chi connectivity index (χ0v) is 14.5. The second kappa shape index (κ2) is 3.94. The average Bonchev–Trinajstić information content (AvgIpc) is 2.97. The van der Waals surface area contributed by atoms with Crippen molar-refractivity contribution >= 4 is 0 Å². The molecule has 0 aliphatic heterocycles. The maximum Gasteiger partial charge on any atom is -0.00128 e. The van der Waals surface area contributed by atoms with Gasteiger partial charge >= 0.3 is 0 Å². The maximum absolute atomic E-state index is 2.65. The van der Waals surface area contributed by atoms with E-state index in [1.807, 2.05) is 0 Å². The summed E-state index contributed by atoms with van der Waals surface area (Å²) in [5.74, 6) is 1.01.